The molecule has 1 atom stereocenters. The van der Waals surface area contributed by atoms with E-state index in [1.807, 2.05) is 30.3 Å². The first-order valence-corrected chi connectivity index (χ1v) is 6.20. The van der Waals surface area contributed by atoms with Crippen LogP contribution in [-0.2, 0) is 11.3 Å². The SMILES string of the molecule is CCCN(Cc1ccccc1)CC(Cl)C(=O)O. The third kappa shape index (κ3) is 5.20. The molecule has 1 N–H and O–H groups in total. The molecule has 1 aromatic rings. The lowest BCUT2D eigenvalue weighted by molar-refractivity contribution is -0.137. The number of carboxylic acid groups (broad SMARTS) is 1. The minimum Gasteiger partial charge on any atom is -0.480 e. The molecular weight excluding hydrogens is 238 g/mol. The quantitative estimate of drug-likeness (QED) is 0.762. The van der Waals surface area contributed by atoms with Crippen LogP contribution in [0.1, 0.15) is 18.9 Å². The summed E-state index contributed by atoms with van der Waals surface area (Å²) in [6, 6.07) is 10.00. The van der Waals surface area contributed by atoms with Crippen LogP contribution in [0.25, 0.3) is 0 Å². The number of carboxylic acids is 1. The largest absolute Gasteiger partial charge is 0.480 e. The summed E-state index contributed by atoms with van der Waals surface area (Å²) in [5.74, 6) is -0.958. The Morgan fingerprint density at radius 2 is 2.06 bits per heavy atom. The van der Waals surface area contributed by atoms with Gasteiger partial charge >= 0.3 is 5.97 Å². The average Bonchev–Trinajstić information content (AvgIpc) is 2.30. The van der Waals surface area contributed by atoms with Crippen LogP contribution in [0.15, 0.2) is 30.3 Å². The van der Waals surface area contributed by atoms with Gasteiger partial charge in [-0.1, -0.05) is 37.3 Å². The Balaban J connectivity index is 2.57. The van der Waals surface area contributed by atoms with Gasteiger partial charge in [0.2, 0.25) is 0 Å². The number of aliphatic carboxylic acids is 1. The number of alkyl halides is 1. The minimum atomic E-state index is -0.958. The first-order valence-electron chi connectivity index (χ1n) is 5.76. The van der Waals surface area contributed by atoms with Crippen molar-refractivity contribution in [3.05, 3.63) is 35.9 Å². The van der Waals surface area contributed by atoms with E-state index in [0.29, 0.717) is 6.54 Å². The van der Waals surface area contributed by atoms with E-state index in [-0.39, 0.29) is 0 Å². The van der Waals surface area contributed by atoms with Gasteiger partial charge in [0.25, 0.3) is 0 Å². The zero-order chi connectivity index (χ0) is 12.7. The highest BCUT2D eigenvalue weighted by Crippen LogP contribution is 2.08. The van der Waals surface area contributed by atoms with Gasteiger partial charge in [0.15, 0.2) is 0 Å². The fourth-order valence-corrected chi connectivity index (χ4v) is 1.89. The molecule has 0 fully saturated rings. The van der Waals surface area contributed by atoms with Crippen molar-refractivity contribution >= 4 is 17.6 Å². The smallest absolute Gasteiger partial charge is 0.322 e. The molecule has 0 saturated carbocycles. The number of halogens is 1. The molecule has 0 saturated heterocycles. The Hall–Kier alpha value is -1.06. The summed E-state index contributed by atoms with van der Waals surface area (Å²) in [4.78, 5) is 12.8. The lowest BCUT2D eigenvalue weighted by Crippen LogP contribution is -2.34. The molecule has 1 rings (SSSR count). The summed E-state index contributed by atoms with van der Waals surface area (Å²) in [6.07, 6.45) is 0.982. The summed E-state index contributed by atoms with van der Waals surface area (Å²) in [5.41, 5.74) is 1.18. The lowest BCUT2D eigenvalue weighted by atomic mass is 10.2. The van der Waals surface area contributed by atoms with Crippen molar-refractivity contribution < 1.29 is 9.90 Å². The zero-order valence-corrected chi connectivity index (χ0v) is 10.7. The Kier molecular flexibility index (Phi) is 6.01. The van der Waals surface area contributed by atoms with Gasteiger partial charge in [0.1, 0.15) is 5.38 Å². The molecule has 0 aliphatic rings. The van der Waals surface area contributed by atoms with E-state index in [1.54, 1.807) is 0 Å². The second-order valence-corrected chi connectivity index (χ2v) is 4.55. The Morgan fingerprint density at radius 1 is 1.41 bits per heavy atom. The van der Waals surface area contributed by atoms with Crippen LogP contribution in [0.5, 0.6) is 0 Å². The molecule has 94 valence electrons. The average molecular weight is 256 g/mol. The summed E-state index contributed by atoms with van der Waals surface area (Å²) >= 11 is 5.77. The van der Waals surface area contributed by atoms with Gasteiger partial charge in [-0.05, 0) is 18.5 Å². The van der Waals surface area contributed by atoms with E-state index in [4.69, 9.17) is 16.7 Å². The van der Waals surface area contributed by atoms with E-state index in [0.717, 1.165) is 19.5 Å². The minimum absolute atomic E-state index is 0.375. The fraction of sp³-hybridized carbons (Fsp3) is 0.462. The monoisotopic (exact) mass is 255 g/mol. The van der Waals surface area contributed by atoms with Crippen molar-refractivity contribution in [3.63, 3.8) is 0 Å². The molecule has 3 nitrogen and oxygen atoms in total. The summed E-state index contributed by atoms with van der Waals surface area (Å²) < 4.78 is 0. The number of rotatable bonds is 7. The van der Waals surface area contributed by atoms with Crippen LogP contribution in [0.2, 0.25) is 0 Å². The molecule has 0 radical (unpaired) electrons. The van der Waals surface area contributed by atoms with Crippen molar-refractivity contribution in [1.82, 2.24) is 4.90 Å². The first kappa shape index (κ1) is 14.0. The second-order valence-electron chi connectivity index (χ2n) is 4.03. The third-order valence-corrected chi connectivity index (χ3v) is 2.80. The van der Waals surface area contributed by atoms with E-state index in [1.165, 1.54) is 5.56 Å². The molecule has 0 aromatic heterocycles. The van der Waals surface area contributed by atoms with Crippen molar-refractivity contribution in [3.8, 4) is 0 Å². The van der Waals surface area contributed by atoms with Gasteiger partial charge in [-0.15, -0.1) is 11.6 Å². The Bertz CT molecular complexity index is 343. The maximum Gasteiger partial charge on any atom is 0.322 e. The van der Waals surface area contributed by atoms with E-state index < -0.39 is 11.3 Å². The highest BCUT2D eigenvalue weighted by Gasteiger charge is 2.17. The van der Waals surface area contributed by atoms with Crippen molar-refractivity contribution in [2.45, 2.75) is 25.3 Å². The molecular formula is C13H18ClNO2. The van der Waals surface area contributed by atoms with Crippen LogP contribution in [-0.4, -0.2) is 34.4 Å². The van der Waals surface area contributed by atoms with Crippen molar-refractivity contribution in [2.24, 2.45) is 0 Å². The Labute approximate surface area is 107 Å². The molecule has 4 heteroatoms. The predicted molar refractivity (Wildman–Crippen MR) is 69.3 cm³/mol. The standard InChI is InChI=1S/C13H18ClNO2/c1-2-8-15(10-12(14)13(16)17)9-11-6-4-3-5-7-11/h3-7,12H,2,8-10H2,1H3,(H,16,17). The molecule has 0 heterocycles. The van der Waals surface area contributed by atoms with Gasteiger partial charge in [-0.3, -0.25) is 9.69 Å². The second kappa shape index (κ2) is 7.30. The summed E-state index contributed by atoms with van der Waals surface area (Å²) in [6.45, 7) is 4.04. The number of carbonyl (C=O) groups is 1. The van der Waals surface area contributed by atoms with E-state index >= 15 is 0 Å². The van der Waals surface area contributed by atoms with Crippen molar-refractivity contribution in [1.29, 1.82) is 0 Å². The predicted octanol–water partition coefficient (Wildman–Crippen LogP) is 2.59. The van der Waals surface area contributed by atoms with Gasteiger partial charge in [-0.2, -0.15) is 0 Å². The highest BCUT2D eigenvalue weighted by molar-refractivity contribution is 6.29. The molecule has 1 aromatic carbocycles. The van der Waals surface area contributed by atoms with Gasteiger partial charge in [-0.25, -0.2) is 0 Å². The fourth-order valence-electron chi connectivity index (χ4n) is 1.70. The molecule has 0 bridgehead atoms. The number of nitrogens with zero attached hydrogens (tertiary/aromatic N) is 1. The molecule has 0 amide bonds. The van der Waals surface area contributed by atoms with Crippen LogP contribution in [0.3, 0.4) is 0 Å². The zero-order valence-electron chi connectivity index (χ0n) is 9.97. The van der Waals surface area contributed by atoms with Gasteiger partial charge in [0, 0.05) is 13.1 Å². The topological polar surface area (TPSA) is 40.5 Å². The number of hydrogen-bond acceptors (Lipinski definition) is 2. The van der Waals surface area contributed by atoms with E-state index in [9.17, 15) is 4.79 Å². The molecule has 0 aliphatic carbocycles. The van der Waals surface area contributed by atoms with Crippen LogP contribution in [0, 0.1) is 0 Å². The lowest BCUT2D eigenvalue weighted by Gasteiger charge is -2.22. The van der Waals surface area contributed by atoms with E-state index in [2.05, 4.69) is 11.8 Å². The van der Waals surface area contributed by atoms with Crippen molar-refractivity contribution in [2.75, 3.05) is 13.1 Å². The number of benzene rings is 1. The normalized spacial score (nSPS) is 12.6. The molecule has 0 aliphatic heterocycles. The molecule has 1 unspecified atom stereocenters. The maximum atomic E-state index is 10.7. The summed E-state index contributed by atoms with van der Waals surface area (Å²) in [5, 5.41) is 7.96. The van der Waals surface area contributed by atoms with Gasteiger partial charge < -0.3 is 5.11 Å². The summed E-state index contributed by atoms with van der Waals surface area (Å²) in [7, 11) is 0. The van der Waals surface area contributed by atoms with Crippen LogP contribution >= 0.6 is 11.6 Å². The number of hydrogen-bond donors (Lipinski definition) is 1. The van der Waals surface area contributed by atoms with Crippen LogP contribution in [0.4, 0.5) is 0 Å². The molecule has 17 heavy (non-hydrogen) atoms. The highest BCUT2D eigenvalue weighted by atomic mass is 35.5. The Morgan fingerprint density at radius 3 is 2.59 bits per heavy atom. The first-order chi connectivity index (χ1) is 8.13. The van der Waals surface area contributed by atoms with Gasteiger partial charge in [0.05, 0.1) is 0 Å². The maximum absolute atomic E-state index is 10.7. The third-order valence-electron chi connectivity index (χ3n) is 2.48. The molecule has 0 spiro atoms. The van der Waals surface area contributed by atoms with Crippen LogP contribution < -0.4 is 0 Å².